The molecule has 0 fully saturated rings. The summed E-state index contributed by atoms with van der Waals surface area (Å²) in [6.07, 6.45) is 0. The van der Waals surface area contributed by atoms with Crippen molar-refractivity contribution < 1.29 is 0 Å². The van der Waals surface area contributed by atoms with Crippen molar-refractivity contribution in [2.24, 2.45) is 0 Å². The van der Waals surface area contributed by atoms with E-state index in [9.17, 15) is 4.79 Å². The van der Waals surface area contributed by atoms with Crippen molar-refractivity contribution >= 4 is 34.4 Å². The van der Waals surface area contributed by atoms with Gasteiger partial charge in [-0.3, -0.25) is 4.79 Å². The SMILES string of the molecule is CCSc1nc(C)c(I)c(=O)[nH]1. The minimum atomic E-state index is -0.0425. The Kier molecular flexibility index (Phi) is 3.57. The zero-order valence-electron chi connectivity index (χ0n) is 6.85. The van der Waals surface area contributed by atoms with Crippen molar-refractivity contribution in [2.75, 3.05) is 5.75 Å². The van der Waals surface area contributed by atoms with E-state index in [2.05, 4.69) is 9.97 Å². The van der Waals surface area contributed by atoms with Crippen LogP contribution in [0.25, 0.3) is 0 Å². The van der Waals surface area contributed by atoms with Gasteiger partial charge in [0.25, 0.3) is 5.56 Å². The van der Waals surface area contributed by atoms with Gasteiger partial charge >= 0.3 is 0 Å². The minimum Gasteiger partial charge on any atom is -0.301 e. The van der Waals surface area contributed by atoms with Crippen LogP contribution in [-0.2, 0) is 0 Å². The van der Waals surface area contributed by atoms with Crippen LogP contribution >= 0.6 is 34.4 Å². The topological polar surface area (TPSA) is 45.8 Å². The maximum absolute atomic E-state index is 11.2. The van der Waals surface area contributed by atoms with E-state index < -0.39 is 0 Å². The number of nitrogens with zero attached hydrogens (tertiary/aromatic N) is 1. The molecule has 0 unspecified atom stereocenters. The molecule has 0 aliphatic carbocycles. The summed E-state index contributed by atoms with van der Waals surface area (Å²) in [6.45, 7) is 3.87. The third-order valence-corrected chi connectivity index (χ3v) is 3.31. The van der Waals surface area contributed by atoms with Crippen LogP contribution < -0.4 is 5.56 Å². The second-order valence-electron chi connectivity index (χ2n) is 2.20. The average molecular weight is 296 g/mol. The molecule has 0 aliphatic heterocycles. The Morgan fingerprint density at radius 3 is 2.83 bits per heavy atom. The number of hydrogen-bond acceptors (Lipinski definition) is 3. The first-order valence-corrected chi connectivity index (χ1v) is 5.60. The highest BCUT2D eigenvalue weighted by molar-refractivity contribution is 14.1. The predicted molar refractivity (Wildman–Crippen MR) is 58.7 cm³/mol. The van der Waals surface area contributed by atoms with Crippen molar-refractivity contribution in [1.29, 1.82) is 0 Å². The molecule has 12 heavy (non-hydrogen) atoms. The average Bonchev–Trinajstić information content (AvgIpc) is 2.01. The Labute approximate surface area is 88.5 Å². The molecule has 0 saturated carbocycles. The first kappa shape index (κ1) is 10.0. The van der Waals surface area contributed by atoms with Crippen molar-refractivity contribution in [1.82, 2.24) is 9.97 Å². The molecule has 1 aromatic rings. The van der Waals surface area contributed by atoms with E-state index in [1.54, 1.807) is 11.8 Å². The Bertz CT molecular complexity index is 337. The van der Waals surface area contributed by atoms with Crippen molar-refractivity contribution in [3.63, 3.8) is 0 Å². The molecular weight excluding hydrogens is 287 g/mol. The third-order valence-electron chi connectivity index (χ3n) is 1.29. The smallest absolute Gasteiger partial charge is 0.265 e. The van der Waals surface area contributed by atoms with Gasteiger partial charge in [-0.1, -0.05) is 18.7 Å². The lowest BCUT2D eigenvalue weighted by molar-refractivity contribution is 0.892. The van der Waals surface area contributed by atoms with Crippen molar-refractivity contribution in [3.8, 4) is 0 Å². The molecule has 0 atom stereocenters. The highest BCUT2D eigenvalue weighted by Gasteiger charge is 2.03. The van der Waals surface area contributed by atoms with E-state index in [1.807, 2.05) is 36.4 Å². The van der Waals surface area contributed by atoms with E-state index >= 15 is 0 Å². The zero-order chi connectivity index (χ0) is 9.14. The summed E-state index contributed by atoms with van der Waals surface area (Å²) in [4.78, 5) is 18.1. The number of H-pyrrole nitrogens is 1. The Balaban J connectivity index is 3.13. The highest BCUT2D eigenvalue weighted by atomic mass is 127. The fraction of sp³-hybridized carbons (Fsp3) is 0.429. The van der Waals surface area contributed by atoms with Crippen LogP contribution in [0.5, 0.6) is 0 Å². The van der Waals surface area contributed by atoms with Crippen LogP contribution in [0.1, 0.15) is 12.6 Å². The second-order valence-corrected chi connectivity index (χ2v) is 4.53. The number of halogens is 1. The Morgan fingerprint density at radius 2 is 2.33 bits per heavy atom. The molecule has 0 aliphatic rings. The molecule has 0 bridgehead atoms. The normalized spacial score (nSPS) is 10.2. The maximum Gasteiger partial charge on any atom is 0.265 e. The zero-order valence-corrected chi connectivity index (χ0v) is 9.82. The van der Waals surface area contributed by atoms with E-state index in [-0.39, 0.29) is 5.56 Å². The quantitative estimate of drug-likeness (QED) is 0.514. The summed E-state index contributed by atoms with van der Waals surface area (Å²) in [6, 6.07) is 0. The minimum absolute atomic E-state index is 0.0425. The number of aryl methyl sites for hydroxylation is 1. The number of nitrogens with one attached hydrogen (secondary N) is 1. The molecule has 1 aromatic heterocycles. The summed E-state index contributed by atoms with van der Waals surface area (Å²) in [7, 11) is 0. The lowest BCUT2D eigenvalue weighted by atomic mass is 10.5. The summed E-state index contributed by atoms with van der Waals surface area (Å²) in [5, 5.41) is 0.709. The number of aromatic nitrogens is 2. The van der Waals surface area contributed by atoms with Crippen LogP contribution in [-0.4, -0.2) is 15.7 Å². The van der Waals surface area contributed by atoms with Gasteiger partial charge in [-0.2, -0.15) is 0 Å². The molecule has 0 spiro atoms. The molecule has 1 rings (SSSR count). The third kappa shape index (κ3) is 2.22. The molecule has 0 radical (unpaired) electrons. The van der Waals surface area contributed by atoms with Gasteiger partial charge in [0.2, 0.25) is 0 Å². The van der Waals surface area contributed by atoms with Gasteiger partial charge in [-0.25, -0.2) is 4.98 Å². The Morgan fingerprint density at radius 1 is 1.67 bits per heavy atom. The van der Waals surface area contributed by atoms with Crippen LogP contribution in [0.2, 0.25) is 0 Å². The van der Waals surface area contributed by atoms with Gasteiger partial charge < -0.3 is 4.98 Å². The van der Waals surface area contributed by atoms with Gasteiger partial charge in [0.1, 0.15) is 0 Å². The first-order valence-electron chi connectivity index (χ1n) is 3.54. The summed E-state index contributed by atoms with van der Waals surface area (Å²) in [5.74, 6) is 0.920. The van der Waals surface area contributed by atoms with E-state index in [1.165, 1.54) is 0 Å². The van der Waals surface area contributed by atoms with E-state index in [4.69, 9.17) is 0 Å². The van der Waals surface area contributed by atoms with Gasteiger partial charge in [-0.15, -0.1) is 0 Å². The lowest BCUT2D eigenvalue weighted by Crippen LogP contribution is -2.14. The molecule has 0 aromatic carbocycles. The molecule has 0 amide bonds. The summed E-state index contributed by atoms with van der Waals surface area (Å²) >= 11 is 3.54. The number of aromatic amines is 1. The first-order chi connectivity index (χ1) is 5.65. The predicted octanol–water partition coefficient (Wildman–Crippen LogP) is 1.79. The molecule has 1 heterocycles. The Hall–Kier alpha value is -0.0400. The number of rotatable bonds is 2. The maximum atomic E-state index is 11.2. The van der Waals surface area contributed by atoms with Crippen LogP contribution in [0, 0.1) is 10.5 Å². The number of hydrogen-bond donors (Lipinski definition) is 1. The van der Waals surface area contributed by atoms with Crippen molar-refractivity contribution in [2.45, 2.75) is 19.0 Å². The molecule has 1 N–H and O–H groups in total. The van der Waals surface area contributed by atoms with E-state index in [0.29, 0.717) is 8.73 Å². The van der Waals surface area contributed by atoms with Gasteiger partial charge in [0.05, 0.1) is 9.26 Å². The van der Waals surface area contributed by atoms with Crippen LogP contribution in [0.4, 0.5) is 0 Å². The van der Waals surface area contributed by atoms with Crippen LogP contribution in [0.3, 0.4) is 0 Å². The monoisotopic (exact) mass is 296 g/mol. The van der Waals surface area contributed by atoms with Crippen LogP contribution in [0.15, 0.2) is 9.95 Å². The van der Waals surface area contributed by atoms with Gasteiger partial charge in [0.15, 0.2) is 5.16 Å². The summed E-state index contributed by atoms with van der Waals surface area (Å²) < 4.78 is 0.674. The lowest BCUT2D eigenvalue weighted by Gasteiger charge is -2.00. The fourth-order valence-corrected chi connectivity index (χ4v) is 1.65. The molecule has 0 saturated heterocycles. The summed E-state index contributed by atoms with van der Waals surface area (Å²) in [5.41, 5.74) is 0.759. The van der Waals surface area contributed by atoms with Crippen molar-refractivity contribution in [3.05, 3.63) is 19.6 Å². The molecular formula is C7H9IN2OS. The number of thioether (sulfide) groups is 1. The fourth-order valence-electron chi connectivity index (χ4n) is 0.751. The highest BCUT2D eigenvalue weighted by Crippen LogP contribution is 2.11. The standard InChI is InChI=1S/C7H9IN2OS/c1-3-12-7-9-4(2)5(8)6(11)10-7/h3H2,1-2H3,(H,9,10,11). The van der Waals surface area contributed by atoms with Gasteiger partial charge in [0, 0.05) is 0 Å². The molecule has 3 nitrogen and oxygen atoms in total. The van der Waals surface area contributed by atoms with Gasteiger partial charge in [-0.05, 0) is 35.3 Å². The second kappa shape index (κ2) is 4.27. The molecule has 66 valence electrons. The molecule has 5 heteroatoms. The largest absolute Gasteiger partial charge is 0.301 e. The van der Waals surface area contributed by atoms with E-state index in [0.717, 1.165) is 11.4 Å².